The fourth-order valence-electron chi connectivity index (χ4n) is 6.14. The Balaban J connectivity index is 1.29. The minimum atomic E-state index is -0.971. The summed E-state index contributed by atoms with van der Waals surface area (Å²) in [6, 6.07) is 19.7. The first-order chi connectivity index (χ1) is 19.7. The van der Waals surface area contributed by atoms with Gasteiger partial charge in [0.05, 0.1) is 35.9 Å². The topological polar surface area (TPSA) is 119 Å². The molecule has 0 saturated carbocycles. The van der Waals surface area contributed by atoms with Crippen LogP contribution in [0, 0.1) is 22.7 Å². The van der Waals surface area contributed by atoms with E-state index in [2.05, 4.69) is 17.2 Å². The van der Waals surface area contributed by atoms with Crippen molar-refractivity contribution in [3.8, 4) is 23.3 Å². The molecule has 8 heteroatoms. The Morgan fingerprint density at radius 3 is 2.10 bits per heavy atom. The van der Waals surface area contributed by atoms with Gasteiger partial charge in [0.2, 0.25) is 0 Å². The highest BCUT2D eigenvalue weighted by atomic mass is 16.7. The van der Waals surface area contributed by atoms with Gasteiger partial charge in [-0.15, -0.1) is 0 Å². The molecule has 2 aromatic rings. The zero-order valence-electron chi connectivity index (χ0n) is 22.4. The molecule has 40 heavy (non-hydrogen) atoms. The fourth-order valence-corrected chi connectivity index (χ4v) is 6.14. The van der Waals surface area contributed by atoms with E-state index in [4.69, 9.17) is 14.6 Å². The van der Waals surface area contributed by atoms with Crippen LogP contribution in [0.1, 0.15) is 62.5 Å². The van der Waals surface area contributed by atoms with E-state index in [-0.39, 0.29) is 24.7 Å². The number of hydrazone groups is 1. The first-order valence-electron chi connectivity index (χ1n) is 13.9. The van der Waals surface area contributed by atoms with Gasteiger partial charge >= 0.3 is 6.16 Å². The van der Waals surface area contributed by atoms with Crippen LogP contribution in [-0.4, -0.2) is 41.7 Å². The van der Waals surface area contributed by atoms with Gasteiger partial charge in [0, 0.05) is 6.61 Å². The maximum absolute atomic E-state index is 12.5. The first kappa shape index (κ1) is 27.2. The maximum Gasteiger partial charge on any atom is 0.513 e. The van der Waals surface area contributed by atoms with Gasteiger partial charge in [-0.05, 0) is 41.2 Å². The summed E-state index contributed by atoms with van der Waals surface area (Å²) in [5.74, 6) is 0.215. The molecule has 1 atom stereocenters. The van der Waals surface area contributed by atoms with Crippen LogP contribution in [0.25, 0.3) is 11.1 Å². The summed E-state index contributed by atoms with van der Waals surface area (Å²) < 4.78 is 10.8. The second kappa shape index (κ2) is 12.2. The van der Waals surface area contributed by atoms with Crippen molar-refractivity contribution in [1.82, 2.24) is 5.01 Å². The van der Waals surface area contributed by atoms with E-state index in [1.165, 1.54) is 6.21 Å². The number of aliphatic hydroxyl groups excluding tert-OH is 1. The van der Waals surface area contributed by atoms with Crippen LogP contribution < -0.4 is 0 Å². The summed E-state index contributed by atoms with van der Waals surface area (Å²) in [5, 5.41) is 35.3. The molecule has 2 heterocycles. The van der Waals surface area contributed by atoms with Crippen LogP contribution in [0.5, 0.6) is 0 Å². The third-order valence-electron chi connectivity index (χ3n) is 7.88. The summed E-state index contributed by atoms with van der Waals surface area (Å²) in [6.07, 6.45) is 10.5. The second-order valence-corrected chi connectivity index (χ2v) is 10.2. The number of allylic oxidation sites excluding steroid dienone is 2. The van der Waals surface area contributed by atoms with E-state index < -0.39 is 17.6 Å². The molecule has 2 aromatic carbocycles. The zero-order chi connectivity index (χ0) is 28.0. The monoisotopic (exact) mass is 536 g/mol. The molecule has 0 saturated heterocycles. The van der Waals surface area contributed by atoms with E-state index >= 15 is 0 Å². The van der Waals surface area contributed by atoms with Gasteiger partial charge in [0.15, 0.2) is 11.5 Å². The molecule has 2 aliphatic heterocycles. The average molecular weight is 537 g/mol. The lowest BCUT2D eigenvalue weighted by molar-refractivity contribution is 0.0783. The Hall–Kier alpha value is -4.40. The summed E-state index contributed by atoms with van der Waals surface area (Å²) >= 11 is 0. The number of unbranched alkanes of at least 4 members (excludes halogenated alkanes) is 7. The van der Waals surface area contributed by atoms with Crippen molar-refractivity contribution in [2.75, 3.05) is 13.2 Å². The van der Waals surface area contributed by atoms with E-state index in [1.807, 2.05) is 48.5 Å². The molecule has 1 N–H and O–H groups in total. The van der Waals surface area contributed by atoms with E-state index in [9.17, 15) is 15.3 Å². The third kappa shape index (κ3) is 4.76. The fraction of sp³-hybridized carbons (Fsp3) is 0.375. The van der Waals surface area contributed by atoms with Crippen molar-refractivity contribution in [3.05, 3.63) is 82.8 Å². The number of fused-ring (bicyclic) bond motifs is 7. The third-order valence-corrected chi connectivity index (χ3v) is 7.88. The number of carbonyl (C=O) groups excluding carboxylic acids is 1. The number of hydrogen-bond donors (Lipinski definition) is 1. The Bertz CT molecular complexity index is 1400. The van der Waals surface area contributed by atoms with Crippen LogP contribution in [0.15, 0.2) is 76.7 Å². The predicted octanol–water partition coefficient (Wildman–Crippen LogP) is 6.09. The Morgan fingerprint density at radius 1 is 0.900 bits per heavy atom. The van der Waals surface area contributed by atoms with Gasteiger partial charge in [-0.3, -0.25) is 0 Å². The minimum absolute atomic E-state index is 0.182. The zero-order valence-corrected chi connectivity index (χ0v) is 22.4. The molecule has 1 spiro atoms. The molecule has 0 amide bonds. The molecule has 0 radical (unpaired) electrons. The van der Waals surface area contributed by atoms with Crippen molar-refractivity contribution in [2.45, 2.75) is 62.8 Å². The number of hydrogen-bond acceptors (Lipinski definition) is 8. The molecule has 8 nitrogen and oxygen atoms in total. The van der Waals surface area contributed by atoms with Crippen LogP contribution in [0.3, 0.4) is 0 Å². The standard InChI is InChI=1S/C32H32N4O4/c33-20-28-29(21-34)36-30(32(28)26-15-9-7-13-24(26)25-14-8-10-16-27(25)32)19-23(22-35-36)40-31(38)39-18-12-6-4-2-1-3-5-11-17-37/h7-10,13-16,19,22,30,37H,1-6,11-12,17-18H2. The molecular formula is C32H32N4O4. The van der Waals surface area contributed by atoms with Crippen molar-refractivity contribution in [2.24, 2.45) is 5.10 Å². The summed E-state index contributed by atoms with van der Waals surface area (Å²) in [6.45, 7) is 0.531. The van der Waals surface area contributed by atoms with E-state index in [0.717, 1.165) is 73.6 Å². The van der Waals surface area contributed by atoms with Crippen molar-refractivity contribution >= 4 is 12.4 Å². The van der Waals surface area contributed by atoms with Gasteiger partial charge in [0.25, 0.3) is 0 Å². The summed E-state index contributed by atoms with van der Waals surface area (Å²) in [7, 11) is 0. The first-order valence-corrected chi connectivity index (χ1v) is 13.9. The molecule has 0 fully saturated rings. The molecule has 0 aromatic heterocycles. The van der Waals surface area contributed by atoms with Crippen molar-refractivity contribution < 1.29 is 19.4 Å². The predicted molar refractivity (Wildman–Crippen MR) is 150 cm³/mol. The second-order valence-electron chi connectivity index (χ2n) is 10.2. The highest BCUT2D eigenvalue weighted by molar-refractivity contribution is 5.88. The van der Waals surface area contributed by atoms with E-state index in [0.29, 0.717) is 5.57 Å². The van der Waals surface area contributed by atoms with Crippen LogP contribution in [-0.2, 0) is 14.9 Å². The lowest BCUT2D eigenvalue weighted by Gasteiger charge is -2.36. The molecular weight excluding hydrogens is 504 g/mol. The average Bonchev–Trinajstić information content (AvgIpc) is 3.44. The summed E-state index contributed by atoms with van der Waals surface area (Å²) in [4.78, 5) is 12.5. The number of ether oxygens (including phenoxy) is 2. The number of rotatable bonds is 11. The SMILES string of the molecule is N#CC1=C(C#N)C2(c3ccccc3-c3ccccc32)C2C=C(OC(=O)OCCCCCCCCCCO)C=NN12. The summed E-state index contributed by atoms with van der Waals surface area (Å²) in [5.41, 5.74) is 3.36. The quantitative estimate of drug-likeness (QED) is 0.273. The van der Waals surface area contributed by atoms with Crippen LogP contribution in [0.4, 0.5) is 4.79 Å². The van der Waals surface area contributed by atoms with Crippen LogP contribution >= 0.6 is 0 Å². The maximum atomic E-state index is 12.5. The smallest absolute Gasteiger partial charge is 0.434 e. The van der Waals surface area contributed by atoms with Crippen molar-refractivity contribution in [1.29, 1.82) is 10.5 Å². The van der Waals surface area contributed by atoms with Crippen LogP contribution in [0.2, 0.25) is 0 Å². The number of nitrogens with zero attached hydrogens (tertiary/aromatic N) is 4. The van der Waals surface area contributed by atoms with E-state index in [1.54, 1.807) is 11.1 Å². The van der Waals surface area contributed by atoms with Gasteiger partial charge in [0.1, 0.15) is 6.07 Å². The number of aliphatic hydroxyl groups is 1. The number of nitriles is 2. The van der Waals surface area contributed by atoms with Gasteiger partial charge in [-0.2, -0.15) is 15.6 Å². The van der Waals surface area contributed by atoms with Crippen molar-refractivity contribution in [3.63, 3.8) is 0 Å². The normalized spacial score (nSPS) is 17.5. The molecule has 3 aliphatic rings. The van der Waals surface area contributed by atoms with Gasteiger partial charge in [-0.25, -0.2) is 9.80 Å². The molecule has 0 bridgehead atoms. The largest absolute Gasteiger partial charge is 0.513 e. The lowest BCUT2D eigenvalue weighted by Crippen LogP contribution is -2.43. The highest BCUT2D eigenvalue weighted by Gasteiger charge is 2.60. The molecule has 1 aliphatic carbocycles. The highest BCUT2D eigenvalue weighted by Crippen LogP contribution is 2.60. The molecule has 204 valence electrons. The number of benzene rings is 2. The molecule has 1 unspecified atom stereocenters. The minimum Gasteiger partial charge on any atom is -0.434 e. The molecule has 5 rings (SSSR count). The lowest BCUT2D eigenvalue weighted by atomic mass is 9.68. The Labute approximate surface area is 234 Å². The Kier molecular flexibility index (Phi) is 8.28. The Morgan fingerprint density at radius 2 is 1.50 bits per heavy atom. The van der Waals surface area contributed by atoms with Gasteiger partial charge < -0.3 is 14.6 Å². The van der Waals surface area contributed by atoms with Gasteiger partial charge in [-0.1, -0.05) is 87.1 Å². The number of carbonyl (C=O) groups is 1.